The van der Waals surface area contributed by atoms with Crippen LogP contribution in [0.15, 0.2) is 28.3 Å². The quantitative estimate of drug-likeness (QED) is 0.731. The van der Waals surface area contributed by atoms with Crippen molar-refractivity contribution in [3.63, 3.8) is 0 Å². The van der Waals surface area contributed by atoms with Crippen molar-refractivity contribution in [1.82, 2.24) is 14.8 Å². The van der Waals surface area contributed by atoms with Crippen molar-refractivity contribution in [2.75, 3.05) is 11.9 Å². The predicted octanol–water partition coefficient (Wildman–Crippen LogP) is 2.82. The number of furan rings is 1. The van der Waals surface area contributed by atoms with Gasteiger partial charge in [-0.3, -0.25) is 0 Å². The van der Waals surface area contributed by atoms with E-state index in [4.69, 9.17) is 4.42 Å². The molecule has 0 aliphatic rings. The second kappa shape index (κ2) is 6.33. The van der Waals surface area contributed by atoms with Crippen LogP contribution >= 0.6 is 11.3 Å². The molecule has 0 saturated carbocycles. The van der Waals surface area contributed by atoms with Gasteiger partial charge in [-0.2, -0.15) is 5.10 Å². The van der Waals surface area contributed by atoms with E-state index in [1.807, 2.05) is 31.5 Å². The fraction of sp³-hybridized carbons (Fsp3) is 0.333. The summed E-state index contributed by atoms with van der Waals surface area (Å²) in [6.07, 6.45) is 1.66. The first-order valence-corrected chi connectivity index (χ1v) is 7.93. The number of rotatable bonds is 6. The number of thiazole rings is 1. The highest BCUT2D eigenvalue weighted by molar-refractivity contribution is 7.09. The molecule has 0 aliphatic carbocycles. The molecule has 3 aromatic heterocycles. The number of nitrogens with one attached hydrogen (secondary N) is 1. The van der Waals surface area contributed by atoms with Crippen LogP contribution in [0.5, 0.6) is 0 Å². The molecule has 2 N–H and O–H groups in total. The average molecular weight is 318 g/mol. The van der Waals surface area contributed by atoms with Crippen LogP contribution in [-0.2, 0) is 13.1 Å². The molecule has 0 fully saturated rings. The summed E-state index contributed by atoms with van der Waals surface area (Å²) in [6, 6.07) is 3.88. The van der Waals surface area contributed by atoms with Gasteiger partial charge in [-0.1, -0.05) is 0 Å². The monoisotopic (exact) mass is 318 g/mol. The maximum Gasteiger partial charge on any atom is 0.125 e. The molecule has 0 unspecified atom stereocenters. The van der Waals surface area contributed by atoms with Crippen LogP contribution in [0.4, 0.5) is 5.82 Å². The van der Waals surface area contributed by atoms with E-state index in [1.54, 1.807) is 22.3 Å². The summed E-state index contributed by atoms with van der Waals surface area (Å²) in [5.41, 5.74) is 4.69. The molecule has 0 aromatic carbocycles. The molecule has 0 spiro atoms. The molecule has 3 heterocycles. The van der Waals surface area contributed by atoms with Gasteiger partial charge in [0, 0.05) is 16.5 Å². The van der Waals surface area contributed by atoms with Gasteiger partial charge in [-0.15, -0.1) is 11.3 Å². The van der Waals surface area contributed by atoms with Crippen LogP contribution in [0.3, 0.4) is 0 Å². The Labute approximate surface area is 132 Å². The van der Waals surface area contributed by atoms with E-state index in [1.165, 1.54) is 4.88 Å². The predicted molar refractivity (Wildman–Crippen MR) is 85.9 cm³/mol. The Morgan fingerprint density at radius 1 is 1.41 bits per heavy atom. The third-order valence-corrected chi connectivity index (χ3v) is 4.44. The Kier molecular flexibility index (Phi) is 4.26. The molecule has 3 aromatic rings. The van der Waals surface area contributed by atoms with E-state index >= 15 is 0 Å². The average Bonchev–Trinajstić information content (AvgIpc) is 3.18. The summed E-state index contributed by atoms with van der Waals surface area (Å²) < 4.78 is 7.11. The van der Waals surface area contributed by atoms with E-state index in [2.05, 4.69) is 15.4 Å². The fourth-order valence-electron chi connectivity index (χ4n) is 2.27. The van der Waals surface area contributed by atoms with Crippen LogP contribution in [-0.4, -0.2) is 26.5 Å². The van der Waals surface area contributed by atoms with Crippen molar-refractivity contribution in [2.24, 2.45) is 0 Å². The van der Waals surface area contributed by atoms with E-state index in [0.717, 1.165) is 28.5 Å². The second-order valence-electron chi connectivity index (χ2n) is 4.97. The van der Waals surface area contributed by atoms with E-state index in [0.29, 0.717) is 13.1 Å². The fourth-order valence-corrected chi connectivity index (χ4v) is 2.99. The first-order valence-electron chi connectivity index (χ1n) is 7.05. The number of aliphatic hydroxyl groups excluding tert-OH is 1. The molecular formula is C15H18N4O2S. The molecule has 0 radical (unpaired) electrons. The molecule has 0 atom stereocenters. The minimum Gasteiger partial charge on any atom is -0.469 e. The van der Waals surface area contributed by atoms with Crippen LogP contribution in [0.1, 0.15) is 16.3 Å². The maximum absolute atomic E-state index is 9.22. The lowest BCUT2D eigenvalue weighted by Crippen LogP contribution is -2.10. The van der Waals surface area contributed by atoms with Crippen molar-refractivity contribution >= 4 is 17.2 Å². The zero-order valence-electron chi connectivity index (χ0n) is 12.5. The van der Waals surface area contributed by atoms with Gasteiger partial charge in [0.1, 0.15) is 11.6 Å². The zero-order chi connectivity index (χ0) is 15.5. The SMILES string of the molecule is Cc1ncsc1CNc1cc(-c2ccoc2C)nn1CCO. The Hall–Kier alpha value is -2.12. The van der Waals surface area contributed by atoms with Gasteiger partial charge in [0.15, 0.2) is 0 Å². The summed E-state index contributed by atoms with van der Waals surface area (Å²) in [5, 5.41) is 17.1. The Bertz CT molecular complexity index is 759. The summed E-state index contributed by atoms with van der Waals surface area (Å²) in [6.45, 7) is 5.09. The number of nitrogens with zero attached hydrogens (tertiary/aromatic N) is 3. The minimum atomic E-state index is 0.0414. The summed E-state index contributed by atoms with van der Waals surface area (Å²) in [5.74, 6) is 1.70. The molecular weight excluding hydrogens is 300 g/mol. The Morgan fingerprint density at radius 2 is 2.27 bits per heavy atom. The smallest absolute Gasteiger partial charge is 0.125 e. The molecule has 7 heteroatoms. The van der Waals surface area contributed by atoms with Gasteiger partial charge in [0.2, 0.25) is 0 Å². The van der Waals surface area contributed by atoms with Crippen molar-refractivity contribution in [1.29, 1.82) is 0 Å². The molecule has 0 aliphatic heterocycles. The normalized spacial score (nSPS) is 11.0. The van der Waals surface area contributed by atoms with Crippen molar-refractivity contribution in [2.45, 2.75) is 26.9 Å². The number of aryl methyl sites for hydroxylation is 2. The summed E-state index contributed by atoms with van der Waals surface area (Å²) in [7, 11) is 0. The minimum absolute atomic E-state index is 0.0414. The lowest BCUT2D eigenvalue weighted by molar-refractivity contribution is 0.270. The van der Waals surface area contributed by atoms with Crippen LogP contribution in [0.2, 0.25) is 0 Å². The highest BCUT2D eigenvalue weighted by Crippen LogP contribution is 2.26. The molecule has 22 heavy (non-hydrogen) atoms. The topological polar surface area (TPSA) is 76.1 Å². The second-order valence-corrected chi connectivity index (χ2v) is 5.91. The van der Waals surface area contributed by atoms with Crippen molar-refractivity contribution in [3.05, 3.63) is 40.2 Å². The standard InChI is InChI=1S/C15H18N4O2S/c1-10-14(22-9-17-10)8-16-15-7-13(18-19(15)4-5-20)12-3-6-21-11(12)2/h3,6-7,9,16,20H,4-5,8H2,1-2H3. The Morgan fingerprint density at radius 3 is 2.91 bits per heavy atom. The number of hydrogen-bond donors (Lipinski definition) is 2. The zero-order valence-corrected chi connectivity index (χ0v) is 13.4. The van der Waals surface area contributed by atoms with Crippen molar-refractivity contribution < 1.29 is 9.52 Å². The number of anilines is 1. The molecule has 0 bridgehead atoms. The van der Waals surface area contributed by atoms with Gasteiger partial charge < -0.3 is 14.8 Å². The summed E-state index contributed by atoms with van der Waals surface area (Å²) in [4.78, 5) is 5.44. The van der Waals surface area contributed by atoms with Gasteiger partial charge in [-0.25, -0.2) is 9.67 Å². The van der Waals surface area contributed by atoms with Crippen molar-refractivity contribution in [3.8, 4) is 11.3 Å². The molecule has 6 nitrogen and oxygen atoms in total. The maximum atomic E-state index is 9.22. The Balaban J connectivity index is 1.84. The van der Waals surface area contributed by atoms with Crippen LogP contribution in [0, 0.1) is 13.8 Å². The number of aliphatic hydroxyl groups is 1. The highest BCUT2D eigenvalue weighted by atomic mass is 32.1. The highest BCUT2D eigenvalue weighted by Gasteiger charge is 2.13. The van der Waals surface area contributed by atoms with Crippen LogP contribution < -0.4 is 5.32 Å². The number of aromatic nitrogens is 3. The first kappa shape index (κ1) is 14.8. The lowest BCUT2D eigenvalue weighted by atomic mass is 10.2. The summed E-state index contributed by atoms with van der Waals surface area (Å²) >= 11 is 1.63. The largest absolute Gasteiger partial charge is 0.469 e. The third-order valence-electron chi connectivity index (χ3n) is 3.50. The van der Waals surface area contributed by atoms with E-state index in [-0.39, 0.29) is 6.61 Å². The molecule has 116 valence electrons. The first-order chi connectivity index (χ1) is 10.7. The van der Waals surface area contributed by atoms with E-state index < -0.39 is 0 Å². The van der Waals surface area contributed by atoms with Gasteiger partial charge in [0.25, 0.3) is 0 Å². The van der Waals surface area contributed by atoms with Gasteiger partial charge in [-0.05, 0) is 19.9 Å². The molecule has 3 rings (SSSR count). The van der Waals surface area contributed by atoms with Gasteiger partial charge >= 0.3 is 0 Å². The third kappa shape index (κ3) is 2.90. The molecule has 0 saturated heterocycles. The molecule has 0 amide bonds. The van der Waals surface area contributed by atoms with Crippen LogP contribution in [0.25, 0.3) is 11.3 Å². The number of hydrogen-bond acceptors (Lipinski definition) is 6. The lowest BCUT2D eigenvalue weighted by Gasteiger charge is -2.07. The van der Waals surface area contributed by atoms with E-state index in [9.17, 15) is 5.11 Å². The van der Waals surface area contributed by atoms with Gasteiger partial charge in [0.05, 0.1) is 42.9 Å².